The van der Waals surface area contributed by atoms with E-state index in [1.165, 1.54) is 4.90 Å². The molecule has 342 valence electrons. The Bertz CT molecular complexity index is 1720. The molecule has 1 aromatic heterocycles. The highest BCUT2D eigenvalue weighted by Crippen LogP contribution is 2.21. The topological polar surface area (TPSA) is 404 Å². The van der Waals surface area contributed by atoms with Crippen LogP contribution in [-0.4, -0.2) is 197 Å². The summed E-state index contributed by atoms with van der Waals surface area (Å²) < 4.78 is 0. The summed E-state index contributed by atoms with van der Waals surface area (Å²) in [5.74, 6) is -0.638. The van der Waals surface area contributed by atoms with Crippen LogP contribution < -0.4 is 33.2 Å². The molecule has 1 unspecified atom stereocenters. The quantitative estimate of drug-likeness (QED) is 0.0251. The summed E-state index contributed by atoms with van der Waals surface area (Å²) in [5.41, 5.74) is 19.1. The van der Waals surface area contributed by atoms with Gasteiger partial charge in [0.25, 0.3) is 5.91 Å². The third kappa shape index (κ3) is 16.4. The molecule has 2 aromatic rings. The zero-order chi connectivity index (χ0) is 45.2. The Labute approximate surface area is 357 Å². The number of hydrogen-bond donors (Lipinski definition) is 16. The molecule has 0 radical (unpaired) electrons. The van der Waals surface area contributed by atoms with Gasteiger partial charge in [-0.25, -0.2) is 9.97 Å². The summed E-state index contributed by atoms with van der Waals surface area (Å²) in [6.45, 7) is -1.25. The predicted octanol–water partition coefficient (Wildman–Crippen LogP) is -5.48. The molecule has 23 nitrogen and oxygen atoms in total. The molecule has 19 N–H and O–H groups in total. The van der Waals surface area contributed by atoms with Gasteiger partial charge in [0.1, 0.15) is 36.6 Å². The van der Waals surface area contributed by atoms with Crippen molar-refractivity contribution in [1.29, 1.82) is 0 Å². The first-order valence-electron chi connectivity index (χ1n) is 19.7. The number of nitrogens with zero attached hydrogens (tertiary/aromatic N) is 5. The average molecular weight is 886 g/mol. The van der Waals surface area contributed by atoms with Gasteiger partial charge in [-0.05, 0) is 30.4 Å². The number of nitrogen functional groups attached to an aromatic ring is 2. The molecule has 1 aliphatic rings. The minimum absolute atomic E-state index is 0.0245. The molecule has 2 heterocycles. The highest BCUT2D eigenvalue weighted by Gasteiger charge is 2.34. The van der Waals surface area contributed by atoms with Crippen molar-refractivity contribution >= 4 is 46.8 Å². The number of anilines is 2. The number of rotatable bonds is 25. The molecule has 61 heavy (non-hydrogen) atoms. The lowest BCUT2D eigenvalue weighted by Gasteiger charge is -2.33. The monoisotopic (exact) mass is 885 g/mol. The lowest BCUT2D eigenvalue weighted by molar-refractivity contribution is -0.130. The second-order valence-corrected chi connectivity index (χ2v) is 15.0. The van der Waals surface area contributed by atoms with Crippen LogP contribution >= 0.6 is 11.6 Å². The summed E-state index contributed by atoms with van der Waals surface area (Å²) >= 11 is 5.82. The molecule has 9 atom stereocenters. The Hall–Kier alpha value is -4.37. The minimum Gasteiger partial charge on any atom is -0.394 e. The summed E-state index contributed by atoms with van der Waals surface area (Å²) in [7, 11) is 0. The van der Waals surface area contributed by atoms with Gasteiger partial charge in [0.2, 0.25) is 5.91 Å². The van der Waals surface area contributed by atoms with Gasteiger partial charge >= 0.3 is 0 Å². The molecule has 3 rings (SSSR count). The summed E-state index contributed by atoms with van der Waals surface area (Å²) in [4.78, 5) is 42.7. The maximum absolute atomic E-state index is 12.7. The molecule has 0 saturated carbocycles. The molecule has 2 amide bonds. The van der Waals surface area contributed by atoms with Crippen molar-refractivity contribution in [1.82, 2.24) is 30.8 Å². The zero-order valence-corrected chi connectivity index (χ0v) is 34.3. The van der Waals surface area contributed by atoms with E-state index in [-0.39, 0.29) is 59.8 Å². The van der Waals surface area contributed by atoms with E-state index in [1.54, 1.807) is 0 Å². The van der Waals surface area contributed by atoms with E-state index in [0.29, 0.717) is 38.3 Å². The van der Waals surface area contributed by atoms with Crippen molar-refractivity contribution in [2.24, 2.45) is 15.7 Å². The minimum atomic E-state index is -1.92. The molecular weight excluding hydrogens is 826 g/mol. The Morgan fingerprint density at radius 3 is 2.00 bits per heavy atom. The van der Waals surface area contributed by atoms with Crippen LogP contribution in [0, 0.1) is 0 Å². The first-order chi connectivity index (χ1) is 28.9. The lowest BCUT2D eigenvalue weighted by Crippen LogP contribution is -2.54. The highest BCUT2D eigenvalue weighted by molar-refractivity contribution is 6.31. The number of hydrogen-bond acceptors (Lipinski definition) is 20. The van der Waals surface area contributed by atoms with Gasteiger partial charge in [-0.15, -0.1) is 0 Å². The molecule has 0 saturated heterocycles. The Kier molecular flexibility index (Phi) is 21.3. The van der Waals surface area contributed by atoms with Crippen LogP contribution in [0.5, 0.6) is 0 Å². The summed E-state index contributed by atoms with van der Waals surface area (Å²) in [6, 6.07) is 8.23. The van der Waals surface area contributed by atoms with Crippen LogP contribution in [0.15, 0.2) is 34.3 Å². The number of aliphatic hydroxyl groups excluding tert-OH is 10. The third-order valence-electron chi connectivity index (χ3n) is 9.90. The normalized spacial score (nSPS) is 18.5. The molecular formula is C37H60ClN11O12. The number of carbonyl (C=O) groups excluding carboxylic acids is 2. The van der Waals surface area contributed by atoms with Crippen molar-refractivity contribution in [3.8, 4) is 0 Å². The van der Waals surface area contributed by atoms with E-state index >= 15 is 0 Å². The number of halogens is 1. The SMILES string of the molecule is NC(=NCCCCc1ccc(C2CN=C(CCC(=O)NCCN(C[C@H](O)[C@@H](O)[C@H](O)[C@H](O)CO)C[C@H](O)[C@@H](O)[C@H](O)[C@H](O)CO)NC2)cc1)NC(=O)c1nc(Cl)c(N)nc1N. The number of nitrogens with one attached hydrogen (secondary N) is 3. The third-order valence-corrected chi connectivity index (χ3v) is 10.2. The number of aromatic nitrogens is 2. The number of benzene rings is 1. The van der Waals surface area contributed by atoms with Gasteiger partial charge in [-0.2, -0.15) is 0 Å². The largest absolute Gasteiger partial charge is 0.394 e. The fourth-order valence-corrected chi connectivity index (χ4v) is 6.32. The van der Waals surface area contributed by atoms with Crippen molar-refractivity contribution in [3.63, 3.8) is 0 Å². The maximum atomic E-state index is 12.7. The first kappa shape index (κ1) is 51.0. The fraction of sp³-hybridized carbons (Fsp3) is 0.622. The van der Waals surface area contributed by atoms with Crippen molar-refractivity contribution < 1.29 is 60.7 Å². The lowest BCUT2D eigenvalue weighted by atomic mass is 9.95. The number of guanidine groups is 1. The fourth-order valence-electron chi connectivity index (χ4n) is 6.20. The number of aliphatic imine (C=N–C) groups is 2. The van der Waals surface area contributed by atoms with Crippen molar-refractivity contribution in [2.45, 2.75) is 86.9 Å². The number of amidine groups is 1. The number of unbranched alkanes of at least 4 members (excludes halogenated alkanes) is 1. The van der Waals surface area contributed by atoms with Crippen LogP contribution in [0.25, 0.3) is 0 Å². The molecule has 24 heteroatoms. The van der Waals surface area contributed by atoms with Gasteiger partial charge in [0.05, 0.1) is 31.3 Å². The second-order valence-electron chi connectivity index (χ2n) is 14.6. The van der Waals surface area contributed by atoms with E-state index in [0.717, 1.165) is 24.0 Å². The number of nitrogens with two attached hydrogens (primary N) is 3. The molecule has 0 aliphatic carbocycles. The van der Waals surface area contributed by atoms with E-state index in [9.17, 15) is 50.4 Å². The van der Waals surface area contributed by atoms with Gasteiger partial charge < -0.3 is 78.9 Å². The first-order valence-corrected chi connectivity index (χ1v) is 20.0. The Morgan fingerprint density at radius 1 is 0.852 bits per heavy atom. The molecule has 0 spiro atoms. The van der Waals surface area contributed by atoms with E-state index < -0.39 is 81.0 Å². The number of amides is 2. The second kappa shape index (κ2) is 25.5. The predicted molar refractivity (Wildman–Crippen MR) is 223 cm³/mol. The van der Waals surface area contributed by atoms with Gasteiger partial charge in [-0.1, -0.05) is 35.9 Å². The van der Waals surface area contributed by atoms with Crippen LogP contribution in [0.4, 0.5) is 11.6 Å². The van der Waals surface area contributed by atoms with Crippen molar-refractivity contribution in [3.05, 3.63) is 46.2 Å². The zero-order valence-electron chi connectivity index (χ0n) is 33.5. The Morgan fingerprint density at radius 2 is 1.44 bits per heavy atom. The van der Waals surface area contributed by atoms with E-state index in [4.69, 9.17) is 39.0 Å². The molecule has 1 aliphatic heterocycles. The average Bonchev–Trinajstić information content (AvgIpc) is 3.25. The van der Waals surface area contributed by atoms with Crippen LogP contribution in [-0.2, 0) is 11.2 Å². The van der Waals surface area contributed by atoms with Crippen LogP contribution in [0.1, 0.15) is 53.2 Å². The van der Waals surface area contributed by atoms with Gasteiger partial charge in [0.15, 0.2) is 28.4 Å². The van der Waals surface area contributed by atoms with Crippen molar-refractivity contribution in [2.75, 3.05) is 70.5 Å². The van der Waals surface area contributed by atoms with E-state index in [1.807, 2.05) is 0 Å². The Balaban J connectivity index is 1.41. The molecule has 0 bridgehead atoms. The van der Waals surface area contributed by atoms with Crippen LogP contribution in [0.2, 0.25) is 5.15 Å². The van der Waals surface area contributed by atoms with E-state index in [2.05, 4.69) is 60.2 Å². The standard InChI is InChI=1S/C37H60ClN11O12/c38-33-35(40)47-34(39)28(46-33)36(61)48-37(41)43-10-2-1-3-19-4-6-20(7-5-19)21-13-44-26(45-14-21)8-9-27(56)42-11-12-49(15-22(52)29(57)31(59)24(54)17-50)16-23(53)30(58)32(60)25(55)18-51/h4-7,21-25,29-32,50-55,57-60H,1-3,8-18H2,(H,42,56)(H,44,45)(H4,39,40,47)(H3,41,43,48,61)/t22-,23-,24+,25+,29+,30+,31+,32+/m0/s1. The maximum Gasteiger partial charge on any atom is 0.280 e. The number of aryl methyl sites for hydroxylation is 1. The molecule has 1 aromatic carbocycles. The number of carbonyl (C=O) groups is 2. The summed E-state index contributed by atoms with van der Waals surface area (Å²) in [5, 5.41) is 107. The molecule has 0 fully saturated rings. The van der Waals surface area contributed by atoms with Gasteiger partial charge in [0, 0.05) is 64.6 Å². The van der Waals surface area contributed by atoms with Crippen LogP contribution in [0.3, 0.4) is 0 Å². The van der Waals surface area contributed by atoms with Gasteiger partial charge in [-0.3, -0.25) is 29.8 Å². The smallest absolute Gasteiger partial charge is 0.280 e. The summed E-state index contributed by atoms with van der Waals surface area (Å²) in [6.07, 6.45) is -11.9. The number of aliphatic hydroxyl groups is 10. The highest BCUT2D eigenvalue weighted by atomic mass is 35.5.